The Morgan fingerprint density at radius 2 is 2.20 bits per heavy atom. The van der Waals surface area contributed by atoms with Gasteiger partial charge in [0.2, 0.25) is 10.0 Å². The highest BCUT2D eigenvalue weighted by Crippen LogP contribution is 2.24. The summed E-state index contributed by atoms with van der Waals surface area (Å²) in [5, 5.41) is 3.22. The van der Waals surface area contributed by atoms with Gasteiger partial charge in [0, 0.05) is 19.1 Å². The van der Waals surface area contributed by atoms with E-state index in [0.717, 1.165) is 25.5 Å². The van der Waals surface area contributed by atoms with Gasteiger partial charge in [-0.15, -0.1) is 0 Å². The topological polar surface area (TPSA) is 49.4 Å². The van der Waals surface area contributed by atoms with E-state index in [9.17, 15) is 12.8 Å². The van der Waals surface area contributed by atoms with Gasteiger partial charge < -0.3 is 5.32 Å². The van der Waals surface area contributed by atoms with Crippen molar-refractivity contribution in [3.8, 4) is 0 Å². The summed E-state index contributed by atoms with van der Waals surface area (Å²) in [5.74, 6) is -0.521. The highest BCUT2D eigenvalue weighted by molar-refractivity contribution is 7.89. The van der Waals surface area contributed by atoms with E-state index in [0.29, 0.717) is 18.7 Å². The number of likely N-dealkylation sites (N-methyl/N-ethyl adjacent to an activating group) is 1. The second-order valence-electron chi connectivity index (χ2n) is 5.12. The zero-order valence-electron chi connectivity index (χ0n) is 11.9. The summed E-state index contributed by atoms with van der Waals surface area (Å²) in [6.45, 7) is 5.49. The molecule has 1 aromatic rings. The lowest BCUT2D eigenvalue weighted by atomic mass is 10.1. The molecule has 1 saturated heterocycles. The highest BCUT2D eigenvalue weighted by atomic mass is 32.2. The second kappa shape index (κ2) is 6.20. The van der Waals surface area contributed by atoms with Gasteiger partial charge in [0.05, 0.1) is 4.90 Å². The summed E-state index contributed by atoms with van der Waals surface area (Å²) < 4.78 is 40.4. The average molecular weight is 300 g/mol. The first-order valence-electron chi connectivity index (χ1n) is 6.95. The molecule has 1 aliphatic rings. The van der Waals surface area contributed by atoms with E-state index >= 15 is 0 Å². The Morgan fingerprint density at radius 1 is 1.45 bits per heavy atom. The molecule has 20 heavy (non-hydrogen) atoms. The Kier molecular flexibility index (Phi) is 4.78. The molecule has 0 amide bonds. The number of sulfonamides is 1. The fraction of sp³-hybridized carbons (Fsp3) is 0.571. The molecule has 0 radical (unpaired) electrons. The molecular formula is C14H21FN2O2S. The lowest BCUT2D eigenvalue weighted by molar-refractivity contribution is 0.274. The quantitative estimate of drug-likeness (QED) is 0.924. The molecule has 1 aromatic carbocycles. The normalized spacial score (nSPS) is 20.3. The average Bonchev–Trinajstić information content (AvgIpc) is 2.43. The minimum absolute atomic E-state index is 0.0542. The first-order valence-corrected chi connectivity index (χ1v) is 8.39. The molecule has 4 nitrogen and oxygen atoms in total. The zero-order valence-corrected chi connectivity index (χ0v) is 12.7. The van der Waals surface area contributed by atoms with Gasteiger partial charge in [0.15, 0.2) is 0 Å². The molecule has 2 rings (SSSR count). The molecule has 1 heterocycles. The molecule has 1 unspecified atom stereocenters. The van der Waals surface area contributed by atoms with Crippen LogP contribution in [0.4, 0.5) is 4.39 Å². The number of nitrogens with zero attached hydrogens (tertiary/aromatic N) is 1. The smallest absolute Gasteiger partial charge is 0.243 e. The fourth-order valence-electron chi connectivity index (χ4n) is 2.68. The van der Waals surface area contributed by atoms with Crippen molar-refractivity contribution < 1.29 is 12.8 Å². The molecule has 1 aliphatic heterocycles. The van der Waals surface area contributed by atoms with Crippen molar-refractivity contribution in [3.63, 3.8) is 0 Å². The molecule has 0 aliphatic carbocycles. The van der Waals surface area contributed by atoms with Gasteiger partial charge in [-0.05, 0) is 44.0 Å². The largest absolute Gasteiger partial charge is 0.315 e. The first-order chi connectivity index (χ1) is 9.46. The third-order valence-electron chi connectivity index (χ3n) is 3.73. The summed E-state index contributed by atoms with van der Waals surface area (Å²) in [6, 6.07) is 3.85. The van der Waals surface area contributed by atoms with E-state index in [4.69, 9.17) is 0 Å². The summed E-state index contributed by atoms with van der Waals surface area (Å²) in [5.41, 5.74) is 0.577. The Morgan fingerprint density at radius 3 is 2.80 bits per heavy atom. The number of benzene rings is 1. The molecule has 0 spiro atoms. The molecular weight excluding hydrogens is 279 g/mol. The van der Waals surface area contributed by atoms with Crippen LogP contribution in [0, 0.1) is 12.7 Å². The van der Waals surface area contributed by atoms with Gasteiger partial charge >= 0.3 is 0 Å². The lowest BCUT2D eigenvalue weighted by Crippen LogP contribution is -2.48. The minimum atomic E-state index is -3.65. The summed E-state index contributed by atoms with van der Waals surface area (Å²) in [6.07, 6.45) is 1.80. The van der Waals surface area contributed by atoms with E-state index in [-0.39, 0.29) is 10.9 Å². The van der Waals surface area contributed by atoms with Crippen molar-refractivity contribution in [2.75, 3.05) is 19.6 Å². The fourth-order valence-corrected chi connectivity index (χ4v) is 4.58. The number of halogens is 1. The number of hydrogen-bond donors (Lipinski definition) is 1. The summed E-state index contributed by atoms with van der Waals surface area (Å²) in [7, 11) is -3.65. The molecule has 6 heteroatoms. The molecule has 1 fully saturated rings. The number of aryl methyl sites for hydroxylation is 1. The SMILES string of the molecule is CCN(C1CCCNC1)S(=O)(=O)c1cc(F)ccc1C. The number of hydrogen-bond acceptors (Lipinski definition) is 3. The monoisotopic (exact) mass is 300 g/mol. The van der Waals surface area contributed by atoms with Crippen LogP contribution in [0.3, 0.4) is 0 Å². The lowest BCUT2D eigenvalue weighted by Gasteiger charge is -2.33. The highest BCUT2D eigenvalue weighted by Gasteiger charge is 2.32. The molecule has 1 N–H and O–H groups in total. The summed E-state index contributed by atoms with van der Waals surface area (Å²) >= 11 is 0. The Hall–Kier alpha value is -0.980. The number of piperidine rings is 1. The van der Waals surface area contributed by atoms with E-state index in [2.05, 4.69) is 5.32 Å². The van der Waals surface area contributed by atoms with Crippen LogP contribution in [-0.2, 0) is 10.0 Å². The van der Waals surface area contributed by atoms with Crippen molar-refractivity contribution in [2.24, 2.45) is 0 Å². The van der Waals surface area contributed by atoms with Crippen molar-refractivity contribution in [3.05, 3.63) is 29.6 Å². The minimum Gasteiger partial charge on any atom is -0.315 e. The Labute approximate surface area is 120 Å². The van der Waals surface area contributed by atoms with Crippen LogP contribution in [0.1, 0.15) is 25.3 Å². The Bertz CT molecular complexity index is 569. The second-order valence-corrected chi connectivity index (χ2v) is 6.98. The maximum atomic E-state index is 13.4. The molecule has 0 bridgehead atoms. The predicted octanol–water partition coefficient (Wildman–Crippen LogP) is 1.90. The Balaban J connectivity index is 2.38. The van der Waals surface area contributed by atoms with Crippen LogP contribution in [0.2, 0.25) is 0 Å². The zero-order chi connectivity index (χ0) is 14.8. The van der Waals surface area contributed by atoms with Crippen LogP contribution in [0.15, 0.2) is 23.1 Å². The van der Waals surface area contributed by atoms with Crippen LogP contribution < -0.4 is 5.32 Å². The van der Waals surface area contributed by atoms with E-state index in [1.54, 1.807) is 6.92 Å². The van der Waals surface area contributed by atoms with Crippen molar-refractivity contribution in [1.82, 2.24) is 9.62 Å². The third-order valence-corrected chi connectivity index (χ3v) is 5.90. The van der Waals surface area contributed by atoms with E-state index in [1.807, 2.05) is 6.92 Å². The van der Waals surface area contributed by atoms with Crippen LogP contribution >= 0.6 is 0 Å². The number of nitrogens with one attached hydrogen (secondary N) is 1. The van der Waals surface area contributed by atoms with Gasteiger partial charge in [-0.25, -0.2) is 12.8 Å². The number of rotatable bonds is 4. The molecule has 112 valence electrons. The predicted molar refractivity (Wildman–Crippen MR) is 76.6 cm³/mol. The maximum Gasteiger partial charge on any atom is 0.243 e. The third kappa shape index (κ3) is 3.02. The van der Waals surface area contributed by atoms with Crippen molar-refractivity contribution >= 4 is 10.0 Å². The van der Waals surface area contributed by atoms with E-state index < -0.39 is 15.8 Å². The van der Waals surface area contributed by atoms with Gasteiger partial charge in [0.1, 0.15) is 5.82 Å². The first kappa shape index (κ1) is 15.4. The van der Waals surface area contributed by atoms with Gasteiger partial charge in [0.25, 0.3) is 0 Å². The van der Waals surface area contributed by atoms with Crippen LogP contribution in [0.5, 0.6) is 0 Å². The van der Waals surface area contributed by atoms with Crippen molar-refractivity contribution in [1.29, 1.82) is 0 Å². The van der Waals surface area contributed by atoms with Crippen LogP contribution in [-0.4, -0.2) is 38.4 Å². The molecule has 0 saturated carbocycles. The van der Waals surface area contributed by atoms with E-state index in [1.165, 1.54) is 16.4 Å². The molecule has 1 atom stereocenters. The van der Waals surface area contributed by atoms with Gasteiger partial charge in [-0.3, -0.25) is 0 Å². The molecule has 0 aromatic heterocycles. The van der Waals surface area contributed by atoms with Crippen LogP contribution in [0.25, 0.3) is 0 Å². The maximum absolute atomic E-state index is 13.4. The summed E-state index contributed by atoms with van der Waals surface area (Å²) in [4.78, 5) is 0.0740. The van der Waals surface area contributed by atoms with Crippen molar-refractivity contribution in [2.45, 2.75) is 37.6 Å². The van der Waals surface area contributed by atoms with Gasteiger partial charge in [-0.1, -0.05) is 13.0 Å². The standard InChI is InChI=1S/C14H21FN2O2S/c1-3-17(13-5-4-8-16-10-13)20(18,19)14-9-12(15)7-6-11(14)2/h6-7,9,13,16H,3-5,8,10H2,1-2H3. The van der Waals surface area contributed by atoms with Gasteiger partial charge in [-0.2, -0.15) is 4.31 Å².